The van der Waals surface area contributed by atoms with Gasteiger partial charge in [-0.1, -0.05) is 35.5 Å². The minimum absolute atomic E-state index is 0.108. The standard InChI is InChI=1S/C17H15N5O5/c1-22-12(18-20-21-22)9-11(10-7-5-4-6-8-10)14-13(16(23)25-2)15(27-19-14)17(24)26-3/h4-9H,1-3H3/b11-9+. The average molecular weight is 369 g/mol. The normalized spacial score (nSPS) is 11.3. The highest BCUT2D eigenvalue weighted by atomic mass is 16.6. The highest BCUT2D eigenvalue weighted by Gasteiger charge is 2.31. The van der Waals surface area contributed by atoms with Crippen LogP contribution in [0, 0.1) is 0 Å². The lowest BCUT2D eigenvalue weighted by molar-refractivity contribution is 0.0521. The maximum absolute atomic E-state index is 12.3. The molecule has 0 atom stereocenters. The van der Waals surface area contributed by atoms with E-state index < -0.39 is 11.9 Å². The molecule has 1 aromatic carbocycles. The third-order valence-corrected chi connectivity index (χ3v) is 3.72. The predicted molar refractivity (Wildman–Crippen MR) is 91.4 cm³/mol. The third-order valence-electron chi connectivity index (χ3n) is 3.72. The topological polar surface area (TPSA) is 122 Å². The molecule has 0 unspecified atom stereocenters. The summed E-state index contributed by atoms with van der Waals surface area (Å²) >= 11 is 0. The van der Waals surface area contributed by atoms with Crippen LogP contribution >= 0.6 is 0 Å². The Labute approximate surface area is 153 Å². The molecule has 10 heteroatoms. The van der Waals surface area contributed by atoms with Gasteiger partial charge in [-0.3, -0.25) is 0 Å². The van der Waals surface area contributed by atoms with Gasteiger partial charge in [-0.15, -0.1) is 5.10 Å². The van der Waals surface area contributed by atoms with Crippen LogP contribution in [0.1, 0.15) is 38.0 Å². The summed E-state index contributed by atoms with van der Waals surface area (Å²) in [7, 11) is 4.03. The zero-order valence-corrected chi connectivity index (χ0v) is 14.7. The summed E-state index contributed by atoms with van der Waals surface area (Å²) in [5.41, 5.74) is 1.13. The van der Waals surface area contributed by atoms with Crippen LogP contribution in [0.25, 0.3) is 11.6 Å². The molecule has 0 saturated carbocycles. The molecule has 0 aliphatic heterocycles. The number of aromatic nitrogens is 5. The van der Waals surface area contributed by atoms with Crippen molar-refractivity contribution in [2.75, 3.05) is 14.2 Å². The van der Waals surface area contributed by atoms with Crippen molar-refractivity contribution in [3.05, 3.63) is 58.7 Å². The number of aryl methyl sites for hydroxylation is 1. The van der Waals surface area contributed by atoms with Crippen LogP contribution in [0.5, 0.6) is 0 Å². The minimum atomic E-state index is -0.845. The number of hydrogen-bond donors (Lipinski definition) is 0. The summed E-state index contributed by atoms with van der Waals surface area (Å²) in [5.74, 6) is -1.57. The number of benzene rings is 1. The lowest BCUT2D eigenvalue weighted by Crippen LogP contribution is -2.11. The quantitative estimate of drug-likeness (QED) is 0.613. The molecule has 0 N–H and O–H groups in total. The zero-order valence-electron chi connectivity index (χ0n) is 14.7. The van der Waals surface area contributed by atoms with Gasteiger partial charge in [0.2, 0.25) is 0 Å². The summed E-state index contributed by atoms with van der Waals surface area (Å²) in [6.45, 7) is 0. The van der Waals surface area contributed by atoms with Gasteiger partial charge in [-0.05, 0) is 22.1 Å². The summed E-state index contributed by atoms with van der Waals surface area (Å²) in [6, 6.07) is 9.09. The summed E-state index contributed by atoms with van der Waals surface area (Å²) < 4.78 is 16.0. The van der Waals surface area contributed by atoms with Gasteiger partial charge < -0.3 is 14.0 Å². The predicted octanol–water partition coefficient (Wildman–Crippen LogP) is 1.36. The van der Waals surface area contributed by atoms with Crippen molar-refractivity contribution >= 4 is 23.6 Å². The molecular weight excluding hydrogens is 354 g/mol. The molecular formula is C17H15N5O5. The summed E-state index contributed by atoms with van der Waals surface area (Å²) in [6.07, 6.45) is 1.63. The molecule has 138 valence electrons. The van der Waals surface area contributed by atoms with Crippen LogP contribution in [0.3, 0.4) is 0 Å². The maximum Gasteiger partial charge on any atom is 0.377 e. The van der Waals surface area contributed by atoms with Crippen LogP contribution in [0.4, 0.5) is 0 Å². The van der Waals surface area contributed by atoms with Gasteiger partial charge in [0.15, 0.2) is 5.82 Å². The van der Waals surface area contributed by atoms with E-state index in [4.69, 9.17) is 9.26 Å². The highest BCUT2D eigenvalue weighted by molar-refractivity contribution is 6.06. The number of methoxy groups -OCH3 is 2. The second-order valence-electron chi connectivity index (χ2n) is 5.30. The van der Waals surface area contributed by atoms with Crippen molar-refractivity contribution in [1.82, 2.24) is 25.4 Å². The Balaban J connectivity index is 2.26. The van der Waals surface area contributed by atoms with Crippen molar-refractivity contribution in [2.45, 2.75) is 0 Å². The van der Waals surface area contributed by atoms with Crippen LogP contribution in [0.15, 0.2) is 34.9 Å². The Morgan fingerprint density at radius 1 is 1.11 bits per heavy atom. The van der Waals surface area contributed by atoms with Gasteiger partial charge >= 0.3 is 11.9 Å². The van der Waals surface area contributed by atoms with Crippen LogP contribution in [-0.2, 0) is 16.5 Å². The molecule has 0 radical (unpaired) electrons. The zero-order chi connectivity index (χ0) is 19.4. The van der Waals surface area contributed by atoms with E-state index in [-0.39, 0.29) is 17.0 Å². The molecule has 27 heavy (non-hydrogen) atoms. The Morgan fingerprint density at radius 2 is 1.81 bits per heavy atom. The van der Waals surface area contributed by atoms with E-state index in [1.54, 1.807) is 13.1 Å². The van der Waals surface area contributed by atoms with E-state index in [0.717, 1.165) is 0 Å². The number of rotatable bonds is 5. The molecule has 3 rings (SSSR count). The van der Waals surface area contributed by atoms with E-state index in [2.05, 4.69) is 25.4 Å². The first-order valence-electron chi connectivity index (χ1n) is 7.73. The largest absolute Gasteiger partial charge is 0.465 e. The van der Waals surface area contributed by atoms with Gasteiger partial charge in [-0.2, -0.15) is 0 Å². The number of carbonyl (C=O) groups is 2. The Bertz CT molecular complexity index is 1010. The fourth-order valence-corrected chi connectivity index (χ4v) is 2.39. The van der Waals surface area contributed by atoms with E-state index in [1.807, 2.05) is 30.3 Å². The van der Waals surface area contributed by atoms with Crippen molar-refractivity contribution in [3.63, 3.8) is 0 Å². The Morgan fingerprint density at radius 3 is 2.41 bits per heavy atom. The summed E-state index contributed by atoms with van der Waals surface area (Å²) in [5, 5.41) is 15.2. The van der Waals surface area contributed by atoms with Crippen molar-refractivity contribution < 1.29 is 23.6 Å². The molecule has 10 nitrogen and oxygen atoms in total. The second kappa shape index (κ2) is 7.60. The minimum Gasteiger partial charge on any atom is -0.465 e. The van der Waals surface area contributed by atoms with Crippen LogP contribution in [0.2, 0.25) is 0 Å². The Kier molecular flexibility index (Phi) is 5.06. The van der Waals surface area contributed by atoms with Gasteiger partial charge in [0.25, 0.3) is 5.76 Å². The molecule has 2 heterocycles. The first kappa shape index (κ1) is 18.0. The number of nitrogens with zero attached hydrogens (tertiary/aromatic N) is 5. The fraction of sp³-hybridized carbons (Fsp3) is 0.176. The van der Waals surface area contributed by atoms with Crippen LogP contribution < -0.4 is 0 Å². The number of tetrazole rings is 1. The first-order valence-corrected chi connectivity index (χ1v) is 7.73. The number of hydrogen-bond acceptors (Lipinski definition) is 9. The van der Waals surface area contributed by atoms with E-state index in [0.29, 0.717) is 17.0 Å². The van der Waals surface area contributed by atoms with Gasteiger partial charge in [0.1, 0.15) is 11.3 Å². The average Bonchev–Trinajstić information content (AvgIpc) is 3.31. The van der Waals surface area contributed by atoms with E-state index in [1.165, 1.54) is 18.9 Å². The van der Waals surface area contributed by atoms with E-state index >= 15 is 0 Å². The van der Waals surface area contributed by atoms with Gasteiger partial charge in [0, 0.05) is 12.6 Å². The second-order valence-corrected chi connectivity index (χ2v) is 5.30. The van der Waals surface area contributed by atoms with Crippen molar-refractivity contribution in [2.24, 2.45) is 7.05 Å². The van der Waals surface area contributed by atoms with Crippen molar-refractivity contribution in [1.29, 1.82) is 0 Å². The molecule has 0 aliphatic rings. The van der Waals surface area contributed by atoms with E-state index in [9.17, 15) is 9.59 Å². The maximum atomic E-state index is 12.3. The number of esters is 2. The summed E-state index contributed by atoms with van der Waals surface area (Å²) in [4.78, 5) is 24.3. The lowest BCUT2D eigenvalue weighted by atomic mass is 9.98. The number of ether oxygens (including phenoxy) is 2. The van der Waals surface area contributed by atoms with Gasteiger partial charge in [0.05, 0.1) is 14.2 Å². The van der Waals surface area contributed by atoms with Crippen LogP contribution in [-0.4, -0.2) is 51.5 Å². The smallest absolute Gasteiger partial charge is 0.377 e. The van der Waals surface area contributed by atoms with Gasteiger partial charge in [-0.25, -0.2) is 14.3 Å². The third kappa shape index (κ3) is 3.45. The molecule has 0 amide bonds. The SMILES string of the molecule is COC(=O)c1onc(/C(=C/c2nnnn2C)c2ccccc2)c1C(=O)OC. The lowest BCUT2D eigenvalue weighted by Gasteiger charge is -2.07. The molecule has 3 aromatic rings. The number of carbonyl (C=O) groups excluding carboxylic acids is 2. The monoisotopic (exact) mass is 369 g/mol. The molecule has 0 saturated heterocycles. The first-order chi connectivity index (χ1) is 13.1. The van der Waals surface area contributed by atoms with Crippen molar-refractivity contribution in [3.8, 4) is 0 Å². The molecule has 0 bridgehead atoms. The molecule has 0 fully saturated rings. The molecule has 0 aliphatic carbocycles. The Hall–Kier alpha value is -3.82. The molecule has 0 spiro atoms. The molecule has 2 aromatic heterocycles. The fourth-order valence-electron chi connectivity index (χ4n) is 2.39. The highest BCUT2D eigenvalue weighted by Crippen LogP contribution is 2.30.